The van der Waals surface area contributed by atoms with Gasteiger partial charge < -0.3 is 10.2 Å². The lowest BCUT2D eigenvalue weighted by atomic mass is 10.0. The molecule has 3 aromatic carbocycles. The summed E-state index contributed by atoms with van der Waals surface area (Å²) in [5.74, 6) is -0.399. The third kappa shape index (κ3) is 3.81. The highest BCUT2D eigenvalue weighted by Gasteiger charge is 2.15. The van der Waals surface area contributed by atoms with Gasteiger partial charge in [-0.05, 0) is 35.4 Å². The van der Waals surface area contributed by atoms with Crippen LogP contribution in [-0.2, 0) is 0 Å². The minimum absolute atomic E-state index is 0.152. The van der Waals surface area contributed by atoms with Gasteiger partial charge in [0.1, 0.15) is 0 Å². The lowest BCUT2D eigenvalue weighted by Gasteiger charge is -2.14. The first kappa shape index (κ1) is 17.4. The molecule has 26 heavy (non-hydrogen) atoms. The van der Waals surface area contributed by atoms with Gasteiger partial charge >= 0.3 is 0 Å². The van der Waals surface area contributed by atoms with Crippen LogP contribution in [0.25, 0.3) is 11.1 Å². The Labute approximate surface area is 153 Å². The van der Waals surface area contributed by atoms with Crippen LogP contribution in [0.3, 0.4) is 0 Å². The minimum Gasteiger partial charge on any atom is -0.345 e. The predicted molar refractivity (Wildman–Crippen MR) is 104 cm³/mol. The first-order chi connectivity index (χ1) is 12.6. The molecule has 3 rings (SSSR count). The summed E-state index contributed by atoms with van der Waals surface area (Å²) in [4.78, 5) is 26.3. The van der Waals surface area contributed by atoms with E-state index in [1.54, 1.807) is 50.5 Å². The number of anilines is 1. The minimum atomic E-state index is -0.247. The third-order valence-electron chi connectivity index (χ3n) is 4.07. The molecule has 0 aliphatic carbocycles. The van der Waals surface area contributed by atoms with Crippen molar-refractivity contribution in [2.45, 2.75) is 0 Å². The average molecular weight is 344 g/mol. The third-order valence-corrected chi connectivity index (χ3v) is 4.07. The van der Waals surface area contributed by atoms with Crippen molar-refractivity contribution in [2.75, 3.05) is 19.4 Å². The summed E-state index contributed by atoms with van der Waals surface area (Å²) in [5, 5.41) is 2.84. The monoisotopic (exact) mass is 344 g/mol. The van der Waals surface area contributed by atoms with Crippen LogP contribution in [0, 0.1) is 0 Å². The van der Waals surface area contributed by atoms with Crippen LogP contribution in [0.4, 0.5) is 5.69 Å². The topological polar surface area (TPSA) is 49.4 Å². The molecule has 3 aromatic rings. The molecular weight excluding hydrogens is 324 g/mol. The van der Waals surface area contributed by atoms with Gasteiger partial charge in [0.15, 0.2) is 0 Å². The highest BCUT2D eigenvalue weighted by molar-refractivity contribution is 6.09. The molecule has 2 amide bonds. The zero-order valence-corrected chi connectivity index (χ0v) is 14.8. The fourth-order valence-electron chi connectivity index (χ4n) is 2.66. The van der Waals surface area contributed by atoms with Crippen molar-refractivity contribution in [1.29, 1.82) is 0 Å². The first-order valence-electron chi connectivity index (χ1n) is 8.34. The molecule has 0 atom stereocenters. The van der Waals surface area contributed by atoms with Gasteiger partial charge in [0, 0.05) is 19.7 Å². The Kier molecular flexibility index (Phi) is 5.13. The van der Waals surface area contributed by atoms with Crippen molar-refractivity contribution in [3.8, 4) is 11.1 Å². The Bertz CT molecular complexity index is 916. The summed E-state index contributed by atoms with van der Waals surface area (Å²) in [5.41, 5.74) is 3.65. The smallest absolute Gasteiger partial charge is 0.255 e. The maximum atomic E-state index is 12.6. The highest BCUT2D eigenvalue weighted by atomic mass is 16.2. The van der Waals surface area contributed by atoms with Gasteiger partial charge in [-0.3, -0.25) is 9.59 Å². The maximum absolute atomic E-state index is 12.6. The van der Waals surface area contributed by atoms with Crippen molar-refractivity contribution in [3.63, 3.8) is 0 Å². The van der Waals surface area contributed by atoms with Gasteiger partial charge in [0.05, 0.1) is 11.3 Å². The molecule has 0 fully saturated rings. The van der Waals surface area contributed by atoms with Crippen molar-refractivity contribution in [3.05, 3.63) is 90.0 Å². The quantitative estimate of drug-likeness (QED) is 0.767. The van der Waals surface area contributed by atoms with E-state index in [4.69, 9.17) is 0 Å². The summed E-state index contributed by atoms with van der Waals surface area (Å²) in [6, 6.07) is 24.4. The first-order valence-corrected chi connectivity index (χ1v) is 8.34. The van der Waals surface area contributed by atoms with E-state index < -0.39 is 0 Å². The molecule has 4 nitrogen and oxygen atoms in total. The Morgan fingerprint density at radius 3 is 1.96 bits per heavy atom. The van der Waals surface area contributed by atoms with E-state index in [1.165, 1.54) is 4.90 Å². The molecule has 0 saturated carbocycles. The Morgan fingerprint density at radius 2 is 1.31 bits per heavy atom. The number of hydrogen-bond acceptors (Lipinski definition) is 2. The number of carbonyl (C=O) groups is 2. The molecule has 0 aliphatic heterocycles. The number of para-hydroxylation sites is 1. The summed E-state index contributed by atoms with van der Waals surface area (Å²) in [7, 11) is 3.37. The van der Waals surface area contributed by atoms with Gasteiger partial charge in [0.2, 0.25) is 0 Å². The van der Waals surface area contributed by atoms with Crippen molar-refractivity contribution in [2.24, 2.45) is 0 Å². The van der Waals surface area contributed by atoms with Crippen LogP contribution in [0.1, 0.15) is 20.7 Å². The number of hydrogen-bond donors (Lipinski definition) is 1. The van der Waals surface area contributed by atoms with Crippen molar-refractivity contribution < 1.29 is 9.59 Å². The van der Waals surface area contributed by atoms with Crippen LogP contribution in [-0.4, -0.2) is 30.8 Å². The number of carbonyl (C=O) groups excluding carboxylic acids is 2. The van der Waals surface area contributed by atoms with Gasteiger partial charge in [0.25, 0.3) is 11.8 Å². The largest absolute Gasteiger partial charge is 0.345 e. The van der Waals surface area contributed by atoms with Crippen LogP contribution in [0.15, 0.2) is 78.9 Å². The Hall–Kier alpha value is -3.40. The van der Waals surface area contributed by atoms with Crippen LogP contribution < -0.4 is 5.32 Å². The molecule has 0 radical (unpaired) electrons. The van der Waals surface area contributed by atoms with Gasteiger partial charge in [-0.2, -0.15) is 0 Å². The van der Waals surface area contributed by atoms with Crippen molar-refractivity contribution >= 4 is 17.5 Å². The number of benzene rings is 3. The molecule has 1 N–H and O–H groups in total. The lowest BCUT2D eigenvalue weighted by molar-refractivity contribution is 0.0828. The fourth-order valence-corrected chi connectivity index (χ4v) is 2.66. The zero-order chi connectivity index (χ0) is 18.5. The standard InChI is InChI=1S/C22H20N2O2/c1-24(2)22(26)19-10-6-7-11-20(19)23-21(25)18-14-12-17(13-15-18)16-8-4-3-5-9-16/h3-15H,1-2H3,(H,23,25). The molecule has 0 aromatic heterocycles. The van der Waals surface area contributed by atoms with Crippen molar-refractivity contribution in [1.82, 2.24) is 4.90 Å². The molecule has 130 valence electrons. The molecule has 0 spiro atoms. The van der Waals surface area contributed by atoms with Crippen LogP contribution >= 0.6 is 0 Å². The normalized spacial score (nSPS) is 10.2. The SMILES string of the molecule is CN(C)C(=O)c1ccccc1NC(=O)c1ccc(-c2ccccc2)cc1. The molecule has 4 heteroatoms. The highest BCUT2D eigenvalue weighted by Crippen LogP contribution is 2.21. The van der Waals surface area contributed by atoms with E-state index in [9.17, 15) is 9.59 Å². The second-order valence-electron chi connectivity index (χ2n) is 6.14. The second kappa shape index (κ2) is 7.66. The van der Waals surface area contributed by atoms with E-state index in [0.717, 1.165) is 11.1 Å². The Morgan fingerprint density at radius 1 is 0.731 bits per heavy atom. The van der Waals surface area contributed by atoms with Crippen LogP contribution in [0.5, 0.6) is 0 Å². The average Bonchev–Trinajstić information content (AvgIpc) is 2.68. The van der Waals surface area contributed by atoms with E-state index in [0.29, 0.717) is 16.8 Å². The van der Waals surface area contributed by atoms with E-state index in [2.05, 4.69) is 5.32 Å². The number of nitrogens with one attached hydrogen (secondary N) is 1. The molecule has 0 unspecified atom stereocenters. The maximum Gasteiger partial charge on any atom is 0.255 e. The van der Waals surface area contributed by atoms with Gasteiger partial charge in [-0.25, -0.2) is 0 Å². The molecule has 0 saturated heterocycles. The molecule has 0 bridgehead atoms. The van der Waals surface area contributed by atoms with E-state index >= 15 is 0 Å². The van der Waals surface area contributed by atoms with Gasteiger partial charge in [-0.15, -0.1) is 0 Å². The summed E-state index contributed by atoms with van der Waals surface area (Å²) in [6.45, 7) is 0. The lowest BCUT2D eigenvalue weighted by Crippen LogP contribution is -2.24. The summed E-state index contributed by atoms with van der Waals surface area (Å²) < 4.78 is 0. The molecule has 0 aliphatic rings. The Balaban J connectivity index is 1.80. The summed E-state index contributed by atoms with van der Waals surface area (Å²) >= 11 is 0. The fraction of sp³-hybridized carbons (Fsp3) is 0.0909. The predicted octanol–water partition coefficient (Wildman–Crippen LogP) is 4.31. The molecular formula is C22H20N2O2. The summed E-state index contributed by atoms with van der Waals surface area (Å²) in [6.07, 6.45) is 0. The number of nitrogens with zero attached hydrogens (tertiary/aromatic N) is 1. The van der Waals surface area contributed by atoms with Crippen LogP contribution in [0.2, 0.25) is 0 Å². The zero-order valence-electron chi connectivity index (χ0n) is 14.8. The van der Waals surface area contributed by atoms with E-state index in [1.807, 2.05) is 42.5 Å². The number of rotatable bonds is 4. The molecule has 0 heterocycles. The number of amides is 2. The second-order valence-corrected chi connectivity index (χ2v) is 6.14. The van der Waals surface area contributed by atoms with E-state index in [-0.39, 0.29) is 11.8 Å². The van der Waals surface area contributed by atoms with Gasteiger partial charge in [-0.1, -0.05) is 54.6 Å².